The number of benzene rings is 2. The molecule has 2 unspecified atom stereocenters. The van der Waals surface area contributed by atoms with Crippen molar-refractivity contribution in [1.82, 2.24) is 10.6 Å². The fraction of sp³-hybridized carbons (Fsp3) is 0.423. The van der Waals surface area contributed by atoms with E-state index in [1.54, 1.807) is 20.3 Å². The molecule has 0 saturated heterocycles. The lowest BCUT2D eigenvalue weighted by Gasteiger charge is -2.21. The molecule has 35 heavy (non-hydrogen) atoms. The van der Waals surface area contributed by atoms with Crippen molar-refractivity contribution in [2.45, 2.75) is 44.2 Å². The Morgan fingerprint density at radius 1 is 0.943 bits per heavy atom. The summed E-state index contributed by atoms with van der Waals surface area (Å²) in [5.41, 5.74) is 1.99. The van der Waals surface area contributed by atoms with Gasteiger partial charge >= 0.3 is 11.9 Å². The Kier molecular flexibility index (Phi) is 11.6. The molecule has 0 heterocycles. The van der Waals surface area contributed by atoms with Crippen molar-refractivity contribution in [3.05, 3.63) is 59.7 Å². The van der Waals surface area contributed by atoms with Crippen molar-refractivity contribution >= 4 is 17.8 Å². The number of carboxylic acids is 1. The molecule has 0 radical (unpaired) electrons. The molecule has 0 aliphatic carbocycles. The Labute approximate surface area is 205 Å². The average Bonchev–Trinajstić information content (AvgIpc) is 2.87. The summed E-state index contributed by atoms with van der Waals surface area (Å²) in [6.07, 6.45) is 1.77. The predicted molar refractivity (Wildman–Crippen MR) is 131 cm³/mol. The number of amides is 1. The van der Waals surface area contributed by atoms with Crippen molar-refractivity contribution in [2.24, 2.45) is 0 Å². The number of esters is 1. The zero-order chi connectivity index (χ0) is 25.6. The van der Waals surface area contributed by atoms with E-state index in [1.807, 2.05) is 42.5 Å². The second-order valence-corrected chi connectivity index (χ2v) is 7.99. The molecule has 9 nitrogen and oxygen atoms in total. The van der Waals surface area contributed by atoms with Crippen LogP contribution in [0.15, 0.2) is 48.5 Å². The number of aryl methyl sites for hydroxylation is 2. The highest BCUT2D eigenvalue weighted by atomic mass is 16.5. The normalized spacial score (nSPS) is 12.3. The van der Waals surface area contributed by atoms with Gasteiger partial charge in [0.2, 0.25) is 5.91 Å². The lowest BCUT2D eigenvalue weighted by atomic mass is 10.0. The third kappa shape index (κ3) is 9.29. The summed E-state index contributed by atoms with van der Waals surface area (Å²) in [6, 6.07) is 13.2. The molecular weight excluding hydrogens is 452 g/mol. The fourth-order valence-corrected chi connectivity index (χ4v) is 3.66. The van der Waals surface area contributed by atoms with Crippen molar-refractivity contribution in [1.29, 1.82) is 0 Å². The van der Waals surface area contributed by atoms with Crippen LogP contribution in [0, 0.1) is 0 Å². The summed E-state index contributed by atoms with van der Waals surface area (Å²) in [6.45, 7) is 0.396. The molecular formula is C26H34N2O7. The summed E-state index contributed by atoms with van der Waals surface area (Å²) >= 11 is 0. The Morgan fingerprint density at radius 3 is 2.31 bits per heavy atom. The highest BCUT2D eigenvalue weighted by Gasteiger charge is 2.27. The molecule has 0 aliphatic rings. The fourth-order valence-electron chi connectivity index (χ4n) is 3.66. The lowest BCUT2D eigenvalue weighted by molar-refractivity contribution is -0.145. The summed E-state index contributed by atoms with van der Waals surface area (Å²) in [4.78, 5) is 36.5. The number of rotatable bonds is 15. The molecule has 0 spiro atoms. The third-order valence-corrected chi connectivity index (χ3v) is 5.57. The molecule has 2 aromatic carbocycles. The van der Waals surface area contributed by atoms with Crippen LogP contribution >= 0.6 is 0 Å². The van der Waals surface area contributed by atoms with E-state index in [1.165, 1.54) is 7.11 Å². The van der Waals surface area contributed by atoms with Crippen LogP contribution in [0.5, 0.6) is 11.5 Å². The van der Waals surface area contributed by atoms with E-state index in [-0.39, 0.29) is 0 Å². The SMILES string of the molecule is COC(=O)C(CCc1ccccc1)NC(=O)C(CC(=O)O)NCCCc1ccc(OC)cc1OC. The topological polar surface area (TPSA) is 123 Å². The molecule has 9 heteroatoms. The van der Waals surface area contributed by atoms with Gasteiger partial charge in [-0.1, -0.05) is 36.4 Å². The summed E-state index contributed by atoms with van der Waals surface area (Å²) in [5.74, 6) is -0.862. The number of aliphatic carboxylic acids is 1. The average molecular weight is 487 g/mol. The minimum absolute atomic E-state index is 0.333. The number of carboxylic acid groups (broad SMARTS) is 1. The minimum atomic E-state index is -1.12. The number of ether oxygens (including phenoxy) is 3. The third-order valence-electron chi connectivity index (χ3n) is 5.57. The summed E-state index contributed by atoms with van der Waals surface area (Å²) in [7, 11) is 4.42. The number of hydrogen-bond acceptors (Lipinski definition) is 7. The second kappa shape index (κ2) is 14.6. The summed E-state index contributed by atoms with van der Waals surface area (Å²) in [5, 5.41) is 15.0. The molecule has 3 N–H and O–H groups in total. The molecule has 2 atom stereocenters. The molecule has 2 rings (SSSR count). The van der Waals surface area contributed by atoms with E-state index < -0.39 is 36.4 Å². The minimum Gasteiger partial charge on any atom is -0.497 e. The smallest absolute Gasteiger partial charge is 0.328 e. The molecule has 1 amide bonds. The van der Waals surface area contributed by atoms with Gasteiger partial charge in [0.15, 0.2) is 0 Å². The Bertz CT molecular complexity index is 965. The highest BCUT2D eigenvalue weighted by Crippen LogP contribution is 2.25. The van der Waals surface area contributed by atoms with Crippen LogP contribution in [0.3, 0.4) is 0 Å². The maximum absolute atomic E-state index is 12.9. The number of carbonyl (C=O) groups excluding carboxylic acids is 2. The first-order valence-electron chi connectivity index (χ1n) is 11.5. The maximum atomic E-state index is 12.9. The van der Waals surface area contributed by atoms with Gasteiger partial charge in [-0.25, -0.2) is 4.79 Å². The van der Waals surface area contributed by atoms with Crippen LogP contribution in [0.2, 0.25) is 0 Å². The van der Waals surface area contributed by atoms with E-state index in [2.05, 4.69) is 10.6 Å². The van der Waals surface area contributed by atoms with Gasteiger partial charge in [0.25, 0.3) is 0 Å². The van der Waals surface area contributed by atoms with Crippen LogP contribution in [-0.2, 0) is 32.0 Å². The first-order chi connectivity index (χ1) is 16.9. The quantitative estimate of drug-likeness (QED) is 0.259. The van der Waals surface area contributed by atoms with Gasteiger partial charge in [-0.3, -0.25) is 9.59 Å². The van der Waals surface area contributed by atoms with E-state index >= 15 is 0 Å². The van der Waals surface area contributed by atoms with E-state index in [9.17, 15) is 19.5 Å². The van der Waals surface area contributed by atoms with Gasteiger partial charge in [-0.2, -0.15) is 0 Å². The van der Waals surface area contributed by atoms with E-state index in [0.717, 1.165) is 11.1 Å². The monoisotopic (exact) mass is 486 g/mol. The largest absolute Gasteiger partial charge is 0.497 e. The van der Waals surface area contributed by atoms with Gasteiger partial charge < -0.3 is 30.0 Å². The number of carbonyl (C=O) groups is 3. The molecule has 0 saturated carbocycles. The zero-order valence-corrected chi connectivity index (χ0v) is 20.4. The van der Waals surface area contributed by atoms with Gasteiger partial charge in [0, 0.05) is 6.07 Å². The zero-order valence-electron chi connectivity index (χ0n) is 20.4. The van der Waals surface area contributed by atoms with Gasteiger partial charge in [-0.05, 0) is 49.4 Å². The van der Waals surface area contributed by atoms with Crippen LogP contribution in [0.4, 0.5) is 0 Å². The summed E-state index contributed by atoms with van der Waals surface area (Å²) < 4.78 is 15.4. The predicted octanol–water partition coefficient (Wildman–Crippen LogP) is 2.36. The first kappa shape index (κ1) is 27.7. The van der Waals surface area contributed by atoms with Crippen molar-refractivity contribution in [3.63, 3.8) is 0 Å². The van der Waals surface area contributed by atoms with Crippen LogP contribution < -0.4 is 20.1 Å². The second-order valence-electron chi connectivity index (χ2n) is 7.99. The number of methoxy groups -OCH3 is 3. The van der Waals surface area contributed by atoms with Crippen molar-refractivity contribution in [3.8, 4) is 11.5 Å². The van der Waals surface area contributed by atoms with Gasteiger partial charge in [-0.15, -0.1) is 0 Å². The molecule has 2 aromatic rings. The van der Waals surface area contributed by atoms with Gasteiger partial charge in [0.05, 0.1) is 33.8 Å². The van der Waals surface area contributed by atoms with Crippen molar-refractivity contribution in [2.75, 3.05) is 27.9 Å². The molecule has 0 fully saturated rings. The first-order valence-corrected chi connectivity index (χ1v) is 11.5. The van der Waals surface area contributed by atoms with Crippen LogP contribution in [0.25, 0.3) is 0 Å². The number of hydrogen-bond donors (Lipinski definition) is 3. The van der Waals surface area contributed by atoms with E-state index in [0.29, 0.717) is 43.7 Å². The Hall–Kier alpha value is -3.59. The Balaban J connectivity index is 1.95. The molecule has 190 valence electrons. The number of nitrogens with one attached hydrogen (secondary N) is 2. The van der Waals surface area contributed by atoms with Crippen molar-refractivity contribution < 1.29 is 33.7 Å². The highest BCUT2D eigenvalue weighted by molar-refractivity contribution is 5.90. The van der Waals surface area contributed by atoms with Crippen LogP contribution in [-0.4, -0.2) is 62.9 Å². The lowest BCUT2D eigenvalue weighted by Crippen LogP contribution is -2.51. The van der Waals surface area contributed by atoms with E-state index in [4.69, 9.17) is 14.2 Å². The van der Waals surface area contributed by atoms with Crippen LogP contribution in [0.1, 0.15) is 30.4 Å². The maximum Gasteiger partial charge on any atom is 0.328 e. The Morgan fingerprint density at radius 2 is 1.69 bits per heavy atom. The van der Waals surface area contributed by atoms with Gasteiger partial charge in [0.1, 0.15) is 17.5 Å². The molecule has 0 aliphatic heterocycles. The molecule has 0 aromatic heterocycles. The molecule has 0 bridgehead atoms. The standard InChI is InChI=1S/C26H34N2O7/c1-33-20-13-12-19(23(16-20)34-2)10-7-15-27-22(17-24(29)30)25(31)28-21(26(32)35-3)14-11-18-8-5-4-6-9-18/h4-6,8-9,12-13,16,21-22,27H,7,10-11,14-15,17H2,1-3H3,(H,28,31)(H,29,30).